The van der Waals surface area contributed by atoms with Crippen molar-refractivity contribution in [3.05, 3.63) is 23.2 Å². The molecule has 0 spiro atoms. The fraction of sp³-hybridized carbons (Fsp3) is 0.500. The number of nitrogens with zero attached hydrogens (tertiary/aromatic N) is 1. The molecule has 0 bridgehead atoms. The molecule has 0 saturated heterocycles. The number of hydrogen-bond acceptors (Lipinski definition) is 2. The number of anilines is 1. The molecule has 0 aliphatic carbocycles. The van der Waals surface area contributed by atoms with Crippen molar-refractivity contribution < 1.29 is 4.74 Å². The van der Waals surface area contributed by atoms with Gasteiger partial charge < -0.3 is 9.64 Å². The molecular weight excluding hydrogens is 210 g/mol. The minimum absolute atomic E-state index is 0.415. The first-order chi connectivity index (χ1) is 7.09. The lowest BCUT2D eigenvalue weighted by Gasteiger charge is -2.39. The monoisotopic (exact) mass is 225 g/mol. The van der Waals surface area contributed by atoms with E-state index in [9.17, 15) is 0 Å². The van der Waals surface area contributed by atoms with Crippen molar-refractivity contribution >= 4 is 17.3 Å². The average molecular weight is 226 g/mol. The average Bonchev–Trinajstić information content (AvgIpc) is 2.17. The lowest BCUT2D eigenvalue weighted by molar-refractivity contribution is 0.264. The number of hydrogen-bond donors (Lipinski definition) is 0. The molecule has 15 heavy (non-hydrogen) atoms. The number of rotatable bonds is 1. The van der Waals surface area contributed by atoms with Gasteiger partial charge in [0, 0.05) is 17.1 Å². The molecule has 0 saturated carbocycles. The Morgan fingerprint density at radius 2 is 2.20 bits per heavy atom. The molecule has 1 aromatic rings. The van der Waals surface area contributed by atoms with Crippen LogP contribution in [0, 0.1) is 0 Å². The van der Waals surface area contributed by atoms with Gasteiger partial charge in [0.2, 0.25) is 0 Å². The Balaban J connectivity index is 2.43. The highest BCUT2D eigenvalue weighted by atomic mass is 35.5. The number of fused-ring (bicyclic) bond motifs is 1. The van der Waals surface area contributed by atoms with E-state index in [1.807, 2.05) is 18.2 Å². The highest BCUT2D eigenvalue weighted by molar-refractivity contribution is 6.30. The Morgan fingerprint density at radius 1 is 1.47 bits per heavy atom. The molecule has 1 aliphatic rings. The molecule has 2 rings (SSSR count). The molecule has 0 radical (unpaired) electrons. The minimum Gasteiger partial charge on any atom is -0.489 e. The van der Waals surface area contributed by atoms with Gasteiger partial charge in [0.1, 0.15) is 12.4 Å². The van der Waals surface area contributed by atoms with Crippen LogP contribution in [0.5, 0.6) is 5.75 Å². The lowest BCUT2D eigenvalue weighted by atomic mass is 10.1. The zero-order valence-corrected chi connectivity index (χ0v) is 10.1. The molecule has 0 N–H and O–H groups in total. The van der Waals surface area contributed by atoms with Gasteiger partial charge in [-0.1, -0.05) is 11.6 Å². The highest BCUT2D eigenvalue weighted by Crippen LogP contribution is 2.36. The van der Waals surface area contributed by atoms with Gasteiger partial charge in [-0.3, -0.25) is 0 Å². The van der Waals surface area contributed by atoms with E-state index in [4.69, 9.17) is 16.3 Å². The van der Waals surface area contributed by atoms with Gasteiger partial charge in [-0.2, -0.15) is 0 Å². The first-order valence-corrected chi connectivity index (χ1v) is 5.68. The third kappa shape index (κ3) is 1.91. The summed E-state index contributed by atoms with van der Waals surface area (Å²) in [4.78, 5) is 2.37. The molecule has 1 unspecified atom stereocenters. The molecule has 0 fully saturated rings. The van der Waals surface area contributed by atoms with E-state index in [1.54, 1.807) is 0 Å². The summed E-state index contributed by atoms with van der Waals surface area (Å²) in [5.41, 5.74) is 1.15. The van der Waals surface area contributed by atoms with Gasteiger partial charge in [-0.25, -0.2) is 0 Å². The van der Waals surface area contributed by atoms with Crippen LogP contribution in [0.1, 0.15) is 20.8 Å². The quantitative estimate of drug-likeness (QED) is 0.727. The molecular formula is C12H16ClNO. The van der Waals surface area contributed by atoms with Crippen molar-refractivity contribution in [2.45, 2.75) is 32.9 Å². The number of benzene rings is 1. The molecule has 3 heteroatoms. The predicted molar refractivity (Wildman–Crippen MR) is 64.0 cm³/mol. The molecule has 1 heterocycles. The lowest BCUT2D eigenvalue weighted by Crippen LogP contribution is -2.45. The Morgan fingerprint density at radius 3 is 2.87 bits per heavy atom. The summed E-state index contributed by atoms with van der Waals surface area (Å²) >= 11 is 5.94. The highest BCUT2D eigenvalue weighted by Gasteiger charge is 2.26. The van der Waals surface area contributed by atoms with E-state index >= 15 is 0 Å². The Bertz CT molecular complexity index is 365. The maximum absolute atomic E-state index is 5.94. The van der Waals surface area contributed by atoms with Gasteiger partial charge >= 0.3 is 0 Å². The summed E-state index contributed by atoms with van der Waals surface area (Å²) in [6.45, 7) is 7.30. The minimum atomic E-state index is 0.415. The fourth-order valence-electron chi connectivity index (χ4n) is 2.13. The number of halogens is 1. The van der Waals surface area contributed by atoms with Gasteiger partial charge in [-0.05, 0) is 32.9 Å². The summed E-state index contributed by atoms with van der Waals surface area (Å²) in [6, 6.07) is 6.73. The van der Waals surface area contributed by atoms with Gasteiger partial charge in [0.25, 0.3) is 0 Å². The third-order valence-electron chi connectivity index (χ3n) is 2.71. The Labute approximate surface area is 95.8 Å². The van der Waals surface area contributed by atoms with E-state index in [2.05, 4.69) is 25.7 Å². The normalized spacial score (nSPS) is 20.1. The van der Waals surface area contributed by atoms with Gasteiger partial charge in [-0.15, -0.1) is 0 Å². The van der Waals surface area contributed by atoms with Crippen LogP contribution in [0.4, 0.5) is 5.69 Å². The first-order valence-electron chi connectivity index (χ1n) is 5.30. The van der Waals surface area contributed by atoms with E-state index in [-0.39, 0.29) is 0 Å². The SMILES string of the molecule is CC(C)N1c2ccc(Cl)cc2OCC1C. The van der Waals surface area contributed by atoms with E-state index in [0.29, 0.717) is 12.1 Å². The molecule has 0 aromatic heterocycles. The number of ether oxygens (including phenoxy) is 1. The van der Waals surface area contributed by atoms with E-state index < -0.39 is 0 Å². The van der Waals surface area contributed by atoms with Crippen molar-refractivity contribution in [1.82, 2.24) is 0 Å². The molecule has 1 atom stereocenters. The molecule has 82 valence electrons. The van der Waals surface area contributed by atoms with Crippen LogP contribution in [-0.4, -0.2) is 18.7 Å². The van der Waals surface area contributed by atoms with Crippen molar-refractivity contribution in [1.29, 1.82) is 0 Å². The summed E-state index contributed by atoms with van der Waals surface area (Å²) in [7, 11) is 0. The maximum atomic E-state index is 5.94. The standard InChI is InChI=1S/C12H16ClNO/c1-8(2)14-9(3)7-15-12-6-10(13)4-5-11(12)14/h4-6,8-9H,7H2,1-3H3. The summed E-state index contributed by atoms with van der Waals surface area (Å²) < 4.78 is 5.67. The zero-order valence-electron chi connectivity index (χ0n) is 9.33. The second kappa shape index (κ2) is 3.93. The van der Waals surface area contributed by atoms with Crippen LogP contribution in [0.2, 0.25) is 5.02 Å². The predicted octanol–water partition coefficient (Wildman–Crippen LogP) is 3.34. The van der Waals surface area contributed by atoms with Gasteiger partial charge in [0.05, 0.1) is 11.7 Å². The topological polar surface area (TPSA) is 12.5 Å². The van der Waals surface area contributed by atoms with Crippen molar-refractivity contribution in [2.24, 2.45) is 0 Å². The Hall–Kier alpha value is -0.890. The third-order valence-corrected chi connectivity index (χ3v) is 2.95. The van der Waals surface area contributed by atoms with Crippen molar-refractivity contribution in [2.75, 3.05) is 11.5 Å². The fourth-order valence-corrected chi connectivity index (χ4v) is 2.29. The van der Waals surface area contributed by atoms with Crippen LogP contribution < -0.4 is 9.64 Å². The summed E-state index contributed by atoms with van der Waals surface area (Å²) in [5, 5.41) is 0.729. The largest absolute Gasteiger partial charge is 0.489 e. The summed E-state index contributed by atoms with van der Waals surface area (Å²) in [6.07, 6.45) is 0. The smallest absolute Gasteiger partial charge is 0.144 e. The molecule has 1 aromatic carbocycles. The van der Waals surface area contributed by atoms with Crippen LogP contribution in [0.15, 0.2) is 18.2 Å². The second-order valence-corrected chi connectivity index (χ2v) is 4.71. The summed E-state index contributed by atoms with van der Waals surface area (Å²) in [5.74, 6) is 0.898. The van der Waals surface area contributed by atoms with Crippen LogP contribution in [-0.2, 0) is 0 Å². The Kier molecular flexibility index (Phi) is 2.79. The van der Waals surface area contributed by atoms with Crippen LogP contribution in [0.25, 0.3) is 0 Å². The molecule has 2 nitrogen and oxygen atoms in total. The van der Waals surface area contributed by atoms with E-state index in [0.717, 1.165) is 23.1 Å². The van der Waals surface area contributed by atoms with Gasteiger partial charge in [0.15, 0.2) is 0 Å². The maximum Gasteiger partial charge on any atom is 0.144 e. The van der Waals surface area contributed by atoms with E-state index in [1.165, 1.54) is 0 Å². The molecule has 1 aliphatic heterocycles. The zero-order chi connectivity index (χ0) is 11.0. The van der Waals surface area contributed by atoms with Crippen molar-refractivity contribution in [3.63, 3.8) is 0 Å². The molecule has 0 amide bonds. The van der Waals surface area contributed by atoms with Crippen molar-refractivity contribution in [3.8, 4) is 5.75 Å². The van der Waals surface area contributed by atoms with Crippen LogP contribution >= 0.6 is 11.6 Å². The van der Waals surface area contributed by atoms with Crippen LogP contribution in [0.3, 0.4) is 0 Å². The second-order valence-electron chi connectivity index (χ2n) is 4.27. The first kappa shape index (κ1) is 10.6.